The number of benzene rings is 1. The molecule has 1 aromatic heterocycles. The molecule has 1 atom stereocenters. The highest BCUT2D eigenvalue weighted by molar-refractivity contribution is 5.26. The Morgan fingerprint density at radius 2 is 2.24 bits per heavy atom. The summed E-state index contributed by atoms with van der Waals surface area (Å²) < 4.78 is 24.2. The second-order valence-corrected chi connectivity index (χ2v) is 5.31. The first kappa shape index (κ1) is 14.2. The van der Waals surface area contributed by atoms with E-state index in [9.17, 15) is 4.39 Å². The zero-order valence-corrected chi connectivity index (χ0v) is 12.2. The fourth-order valence-electron chi connectivity index (χ4n) is 2.53. The van der Waals surface area contributed by atoms with Crippen LogP contribution in [0.4, 0.5) is 4.39 Å². The highest BCUT2D eigenvalue weighted by atomic mass is 19.1. The number of halogens is 1. The molecule has 0 spiro atoms. The Morgan fingerprint density at radius 1 is 1.38 bits per heavy atom. The van der Waals surface area contributed by atoms with Crippen molar-refractivity contribution in [3.63, 3.8) is 0 Å². The summed E-state index contributed by atoms with van der Waals surface area (Å²) in [7, 11) is 0. The van der Waals surface area contributed by atoms with Crippen molar-refractivity contribution in [2.75, 3.05) is 19.8 Å². The van der Waals surface area contributed by atoms with E-state index in [1.165, 1.54) is 6.07 Å². The summed E-state index contributed by atoms with van der Waals surface area (Å²) in [6.45, 7) is 6.33. The van der Waals surface area contributed by atoms with E-state index < -0.39 is 0 Å². The van der Waals surface area contributed by atoms with Crippen LogP contribution in [0.5, 0.6) is 0 Å². The number of morpholine rings is 1. The van der Waals surface area contributed by atoms with Crippen LogP contribution in [-0.2, 0) is 11.3 Å². The normalized spacial score (nSPS) is 19.9. The van der Waals surface area contributed by atoms with Crippen molar-refractivity contribution in [2.45, 2.75) is 26.4 Å². The van der Waals surface area contributed by atoms with Crippen LogP contribution in [0.1, 0.15) is 28.9 Å². The minimum absolute atomic E-state index is 0.0809. The molecule has 0 amide bonds. The van der Waals surface area contributed by atoms with Crippen molar-refractivity contribution >= 4 is 0 Å². The molecule has 0 saturated carbocycles. The predicted octanol–water partition coefficient (Wildman–Crippen LogP) is 2.40. The third kappa shape index (κ3) is 3.11. The summed E-state index contributed by atoms with van der Waals surface area (Å²) >= 11 is 0. The van der Waals surface area contributed by atoms with Crippen LogP contribution in [-0.4, -0.2) is 34.8 Å². The first-order valence-electron chi connectivity index (χ1n) is 7.00. The minimum Gasteiger partial charge on any atom is -0.378 e. The van der Waals surface area contributed by atoms with Gasteiger partial charge >= 0.3 is 0 Å². The lowest BCUT2D eigenvalue weighted by Gasteiger charge is -2.33. The fraction of sp³-hybridized carbons (Fsp3) is 0.467. The van der Waals surface area contributed by atoms with Crippen molar-refractivity contribution in [1.82, 2.24) is 15.0 Å². The molecule has 2 heterocycles. The highest BCUT2D eigenvalue weighted by Gasteiger charge is 2.29. The topological polar surface area (TPSA) is 51.4 Å². The van der Waals surface area contributed by atoms with Gasteiger partial charge in [0.05, 0.1) is 13.2 Å². The van der Waals surface area contributed by atoms with E-state index in [1.54, 1.807) is 19.1 Å². The van der Waals surface area contributed by atoms with Crippen molar-refractivity contribution in [3.05, 3.63) is 46.9 Å². The molecule has 1 fully saturated rings. The standard InChI is InChI=1S/C15H18FN3O2/c1-10-3-4-13(16)7-12(10)8-19-5-6-20-9-14(19)15-17-11(2)18-21-15/h3-4,7,14H,5-6,8-9H2,1-2H3. The molecule has 5 nitrogen and oxygen atoms in total. The van der Waals surface area contributed by atoms with Gasteiger partial charge < -0.3 is 9.26 Å². The quantitative estimate of drug-likeness (QED) is 0.869. The van der Waals surface area contributed by atoms with E-state index in [2.05, 4.69) is 15.0 Å². The minimum atomic E-state index is -0.214. The Balaban J connectivity index is 1.83. The number of nitrogens with zero attached hydrogens (tertiary/aromatic N) is 3. The lowest BCUT2D eigenvalue weighted by Crippen LogP contribution is -2.39. The van der Waals surface area contributed by atoms with E-state index in [0.717, 1.165) is 17.7 Å². The number of aryl methyl sites for hydroxylation is 2. The monoisotopic (exact) mass is 291 g/mol. The van der Waals surface area contributed by atoms with E-state index in [0.29, 0.717) is 31.5 Å². The number of hydrogen-bond acceptors (Lipinski definition) is 5. The Hall–Kier alpha value is -1.79. The van der Waals surface area contributed by atoms with E-state index >= 15 is 0 Å². The molecule has 3 rings (SSSR count). The lowest BCUT2D eigenvalue weighted by atomic mass is 10.1. The molecule has 0 N–H and O–H groups in total. The van der Waals surface area contributed by atoms with Gasteiger partial charge in [-0.05, 0) is 37.1 Å². The van der Waals surface area contributed by atoms with Crippen LogP contribution >= 0.6 is 0 Å². The van der Waals surface area contributed by atoms with E-state index in [1.807, 2.05) is 6.92 Å². The van der Waals surface area contributed by atoms with Gasteiger partial charge in [-0.1, -0.05) is 11.2 Å². The van der Waals surface area contributed by atoms with Crippen molar-refractivity contribution in [3.8, 4) is 0 Å². The summed E-state index contributed by atoms with van der Waals surface area (Å²) in [5.41, 5.74) is 2.04. The van der Waals surface area contributed by atoms with Crippen molar-refractivity contribution < 1.29 is 13.7 Å². The van der Waals surface area contributed by atoms with Gasteiger partial charge in [0.1, 0.15) is 11.9 Å². The van der Waals surface area contributed by atoms with E-state index in [4.69, 9.17) is 9.26 Å². The Labute approximate surface area is 122 Å². The van der Waals surface area contributed by atoms with Crippen LogP contribution in [0.15, 0.2) is 22.7 Å². The largest absolute Gasteiger partial charge is 0.378 e. The molecule has 0 aliphatic carbocycles. The Bertz CT molecular complexity index is 629. The molecule has 0 radical (unpaired) electrons. The SMILES string of the molecule is Cc1noc(C2COCCN2Cc2cc(F)ccc2C)n1. The highest BCUT2D eigenvalue weighted by Crippen LogP contribution is 2.25. The lowest BCUT2D eigenvalue weighted by molar-refractivity contribution is -0.0242. The van der Waals surface area contributed by atoms with E-state index in [-0.39, 0.29) is 11.9 Å². The van der Waals surface area contributed by atoms with Gasteiger partial charge in [0.25, 0.3) is 0 Å². The molecule has 1 saturated heterocycles. The first-order chi connectivity index (χ1) is 10.1. The molecule has 1 aliphatic rings. The molecule has 21 heavy (non-hydrogen) atoms. The molecule has 1 aliphatic heterocycles. The molecular formula is C15H18FN3O2. The van der Waals surface area contributed by atoms with Gasteiger partial charge in [-0.2, -0.15) is 4.98 Å². The number of hydrogen-bond donors (Lipinski definition) is 0. The molecule has 112 valence electrons. The molecule has 0 bridgehead atoms. The summed E-state index contributed by atoms with van der Waals surface area (Å²) in [4.78, 5) is 6.49. The van der Waals surface area contributed by atoms with Crippen LogP contribution in [0.3, 0.4) is 0 Å². The zero-order chi connectivity index (χ0) is 14.8. The predicted molar refractivity (Wildman–Crippen MR) is 74.1 cm³/mol. The van der Waals surface area contributed by atoms with Crippen LogP contribution < -0.4 is 0 Å². The third-order valence-electron chi connectivity index (χ3n) is 3.75. The van der Waals surface area contributed by atoms with Crippen molar-refractivity contribution in [1.29, 1.82) is 0 Å². The molecule has 1 aromatic carbocycles. The Morgan fingerprint density at radius 3 is 3.00 bits per heavy atom. The summed E-state index contributed by atoms with van der Waals surface area (Å²) in [6, 6.07) is 4.79. The maximum absolute atomic E-state index is 13.4. The summed E-state index contributed by atoms with van der Waals surface area (Å²) in [6.07, 6.45) is 0. The van der Waals surface area contributed by atoms with Gasteiger partial charge in [-0.25, -0.2) is 4.39 Å². The number of rotatable bonds is 3. The maximum atomic E-state index is 13.4. The summed E-state index contributed by atoms with van der Waals surface area (Å²) in [5.74, 6) is 0.952. The fourth-order valence-corrected chi connectivity index (χ4v) is 2.53. The first-order valence-corrected chi connectivity index (χ1v) is 7.00. The van der Waals surface area contributed by atoms with Gasteiger partial charge in [0.15, 0.2) is 5.82 Å². The molecule has 6 heteroatoms. The van der Waals surface area contributed by atoms with Gasteiger partial charge in [-0.15, -0.1) is 0 Å². The van der Waals surface area contributed by atoms with Crippen LogP contribution in [0.2, 0.25) is 0 Å². The molecule has 1 unspecified atom stereocenters. The molecule has 2 aromatic rings. The number of ether oxygens (including phenoxy) is 1. The molecular weight excluding hydrogens is 273 g/mol. The average molecular weight is 291 g/mol. The summed E-state index contributed by atoms with van der Waals surface area (Å²) in [5, 5.41) is 3.84. The van der Waals surface area contributed by atoms with Crippen LogP contribution in [0.25, 0.3) is 0 Å². The van der Waals surface area contributed by atoms with Gasteiger partial charge in [0.2, 0.25) is 5.89 Å². The average Bonchev–Trinajstić information content (AvgIpc) is 2.90. The second-order valence-electron chi connectivity index (χ2n) is 5.31. The Kier molecular flexibility index (Phi) is 3.98. The second kappa shape index (κ2) is 5.91. The number of aromatic nitrogens is 2. The van der Waals surface area contributed by atoms with Crippen molar-refractivity contribution in [2.24, 2.45) is 0 Å². The van der Waals surface area contributed by atoms with Gasteiger partial charge in [0, 0.05) is 13.1 Å². The van der Waals surface area contributed by atoms with Crippen LogP contribution in [0, 0.1) is 19.7 Å². The third-order valence-corrected chi connectivity index (χ3v) is 3.75. The maximum Gasteiger partial charge on any atom is 0.246 e. The van der Waals surface area contributed by atoms with Gasteiger partial charge in [-0.3, -0.25) is 4.90 Å². The zero-order valence-electron chi connectivity index (χ0n) is 12.2. The smallest absolute Gasteiger partial charge is 0.246 e.